The summed E-state index contributed by atoms with van der Waals surface area (Å²) in [6.45, 7) is 1.40. The van der Waals surface area contributed by atoms with Crippen LogP contribution >= 0.6 is 11.8 Å². The molecule has 0 saturated heterocycles. The van der Waals surface area contributed by atoms with Gasteiger partial charge in [0.25, 0.3) is 11.8 Å². The van der Waals surface area contributed by atoms with Crippen LogP contribution in [0, 0.1) is 5.82 Å². The molecule has 3 aromatic rings. The van der Waals surface area contributed by atoms with Gasteiger partial charge < -0.3 is 25.6 Å². The minimum absolute atomic E-state index is 0.00257. The average Bonchev–Trinajstić information content (AvgIpc) is 2.93. The van der Waals surface area contributed by atoms with E-state index in [-0.39, 0.29) is 33.9 Å². The van der Waals surface area contributed by atoms with Gasteiger partial charge in [-0.15, -0.1) is 0 Å². The van der Waals surface area contributed by atoms with Crippen LogP contribution in [0.5, 0.6) is 11.5 Å². The zero-order valence-electron chi connectivity index (χ0n) is 22.1. The van der Waals surface area contributed by atoms with Crippen molar-refractivity contribution in [2.45, 2.75) is 31.2 Å². The summed E-state index contributed by atoms with van der Waals surface area (Å²) in [7, 11) is 1.26. The van der Waals surface area contributed by atoms with Gasteiger partial charge in [0.15, 0.2) is 18.1 Å². The molecule has 1 atom stereocenters. The Balaban J connectivity index is 2.01. The number of hydrogen-bond donors (Lipinski definition) is 4. The van der Waals surface area contributed by atoms with E-state index in [0.717, 1.165) is 18.2 Å². The number of aliphatic hydroxyl groups is 1. The number of halogens is 5. The number of pyridine rings is 1. The first-order chi connectivity index (χ1) is 19.1. The molecule has 2 aromatic carbocycles. The number of nitrogens with two attached hydrogens (primary N) is 1. The van der Waals surface area contributed by atoms with Gasteiger partial charge in [-0.25, -0.2) is 14.2 Å². The Morgan fingerprint density at radius 3 is 2.27 bits per heavy atom. The Hall–Kier alpha value is -3.94. The SMILES string of the molecule is COc1cc(C(=O)NC[C@](O)(c2cc(C(C)(C)NCl)cc(-c3ccc(F)cc3)n2)C(F)(F)F)ccc1OCC(N)=O. The average molecular weight is 599 g/mol. The number of alkyl halides is 3. The lowest BCUT2D eigenvalue weighted by Crippen LogP contribution is -2.51. The quantitative estimate of drug-likeness (QED) is 0.194. The van der Waals surface area contributed by atoms with Gasteiger partial charge in [0.2, 0.25) is 5.60 Å². The molecular formula is C27H27ClF4N4O5. The van der Waals surface area contributed by atoms with Gasteiger partial charge in [0, 0.05) is 11.1 Å². The largest absolute Gasteiger partial charge is 0.493 e. The maximum atomic E-state index is 14.5. The molecule has 1 aromatic heterocycles. The molecule has 3 rings (SSSR count). The smallest absolute Gasteiger partial charge is 0.424 e. The van der Waals surface area contributed by atoms with Crippen molar-refractivity contribution < 1.29 is 41.7 Å². The summed E-state index contributed by atoms with van der Waals surface area (Å²) in [6, 6.07) is 11.0. The van der Waals surface area contributed by atoms with E-state index in [4.69, 9.17) is 27.0 Å². The van der Waals surface area contributed by atoms with E-state index in [1.165, 1.54) is 43.5 Å². The van der Waals surface area contributed by atoms with E-state index in [0.29, 0.717) is 0 Å². The van der Waals surface area contributed by atoms with E-state index < -0.39 is 53.8 Å². The normalized spacial score (nSPS) is 13.3. The number of aromatic nitrogens is 1. The van der Waals surface area contributed by atoms with Gasteiger partial charge in [-0.3, -0.25) is 9.59 Å². The lowest BCUT2D eigenvalue weighted by atomic mass is 9.89. The first-order valence-corrected chi connectivity index (χ1v) is 12.3. The van der Waals surface area contributed by atoms with Gasteiger partial charge >= 0.3 is 6.18 Å². The van der Waals surface area contributed by atoms with Crippen molar-refractivity contribution in [3.8, 4) is 22.8 Å². The molecule has 0 saturated carbocycles. The third kappa shape index (κ3) is 7.23. The molecule has 0 aliphatic heterocycles. The van der Waals surface area contributed by atoms with Crippen LogP contribution in [0.2, 0.25) is 0 Å². The molecule has 0 aliphatic carbocycles. The number of carbonyl (C=O) groups excluding carboxylic acids is 2. The Kier molecular flexibility index (Phi) is 9.47. The molecule has 5 N–H and O–H groups in total. The lowest BCUT2D eigenvalue weighted by Gasteiger charge is -2.32. The molecule has 0 spiro atoms. The van der Waals surface area contributed by atoms with Crippen LogP contribution in [0.15, 0.2) is 54.6 Å². The Morgan fingerprint density at radius 2 is 1.71 bits per heavy atom. The molecular weight excluding hydrogens is 572 g/mol. The number of ether oxygens (including phenoxy) is 2. The number of nitrogens with one attached hydrogen (secondary N) is 2. The van der Waals surface area contributed by atoms with Gasteiger partial charge in [-0.05, 0) is 85.8 Å². The second-order valence-electron chi connectivity index (χ2n) is 9.51. The first kappa shape index (κ1) is 31.6. The topological polar surface area (TPSA) is 136 Å². The Morgan fingerprint density at radius 1 is 1.05 bits per heavy atom. The van der Waals surface area contributed by atoms with E-state index >= 15 is 0 Å². The lowest BCUT2D eigenvalue weighted by molar-refractivity contribution is -0.265. The van der Waals surface area contributed by atoms with Crippen molar-refractivity contribution in [2.75, 3.05) is 20.3 Å². The van der Waals surface area contributed by atoms with Crippen LogP contribution in [-0.2, 0) is 15.9 Å². The molecule has 9 nitrogen and oxygen atoms in total. The highest BCUT2D eigenvalue weighted by Gasteiger charge is 2.56. The number of methoxy groups -OCH3 is 1. The van der Waals surface area contributed by atoms with Crippen molar-refractivity contribution in [1.82, 2.24) is 15.1 Å². The minimum atomic E-state index is -5.30. The Labute approximate surface area is 237 Å². The van der Waals surface area contributed by atoms with E-state index in [2.05, 4.69) is 15.1 Å². The molecule has 14 heteroatoms. The number of amides is 2. The maximum absolute atomic E-state index is 14.5. The fourth-order valence-electron chi connectivity index (χ4n) is 3.65. The number of primary amides is 1. The molecule has 0 aliphatic rings. The fourth-order valence-corrected chi connectivity index (χ4v) is 3.76. The molecule has 0 bridgehead atoms. The van der Waals surface area contributed by atoms with Crippen molar-refractivity contribution in [3.05, 3.63) is 77.2 Å². The van der Waals surface area contributed by atoms with Crippen LogP contribution in [0.4, 0.5) is 17.6 Å². The van der Waals surface area contributed by atoms with Crippen LogP contribution in [0.3, 0.4) is 0 Å². The van der Waals surface area contributed by atoms with Crippen molar-refractivity contribution >= 4 is 23.6 Å². The van der Waals surface area contributed by atoms with Gasteiger partial charge in [0.1, 0.15) is 5.82 Å². The highest BCUT2D eigenvalue weighted by molar-refractivity contribution is 6.13. The molecule has 41 heavy (non-hydrogen) atoms. The van der Waals surface area contributed by atoms with Crippen LogP contribution in [-0.4, -0.2) is 48.3 Å². The highest BCUT2D eigenvalue weighted by atomic mass is 35.5. The van der Waals surface area contributed by atoms with Gasteiger partial charge in [-0.1, -0.05) is 0 Å². The molecule has 2 amide bonds. The molecule has 0 unspecified atom stereocenters. The molecule has 0 radical (unpaired) electrons. The standard InChI is InChI=1S/C27H27ClF4N4O5/c1-25(2,36-28)17-11-19(15-4-7-18(29)8-5-15)35-22(12-17)26(39,27(30,31)32)14-34-24(38)16-6-9-20(21(10-16)40-3)41-13-23(33)37/h4-12,36,39H,13-14H2,1-3H3,(H2,33,37)(H,34,38)/t26-/m0/s1. The van der Waals surface area contributed by atoms with Crippen LogP contribution < -0.4 is 25.4 Å². The van der Waals surface area contributed by atoms with Crippen LogP contribution in [0.1, 0.15) is 35.5 Å². The fraction of sp³-hybridized carbons (Fsp3) is 0.296. The van der Waals surface area contributed by atoms with Crippen LogP contribution in [0.25, 0.3) is 11.3 Å². The summed E-state index contributed by atoms with van der Waals surface area (Å²) in [5, 5.41) is 13.1. The second-order valence-corrected chi connectivity index (χ2v) is 9.70. The summed E-state index contributed by atoms with van der Waals surface area (Å²) in [5.41, 5.74) is -0.131. The number of nitrogens with zero attached hydrogens (tertiary/aromatic N) is 1. The van der Waals surface area contributed by atoms with E-state index in [1.54, 1.807) is 13.8 Å². The van der Waals surface area contributed by atoms with Crippen molar-refractivity contribution in [2.24, 2.45) is 5.73 Å². The number of rotatable bonds is 11. The summed E-state index contributed by atoms with van der Waals surface area (Å²) >= 11 is 5.84. The highest BCUT2D eigenvalue weighted by Crippen LogP contribution is 2.40. The molecule has 1 heterocycles. The van der Waals surface area contributed by atoms with Gasteiger partial charge in [0.05, 0.1) is 30.6 Å². The number of hydrogen-bond acceptors (Lipinski definition) is 7. The monoisotopic (exact) mass is 598 g/mol. The second kappa shape index (κ2) is 12.3. The Bertz CT molecular complexity index is 1420. The zero-order chi connectivity index (χ0) is 30.6. The van der Waals surface area contributed by atoms with Crippen molar-refractivity contribution in [3.63, 3.8) is 0 Å². The third-order valence-electron chi connectivity index (χ3n) is 6.12. The summed E-state index contributed by atoms with van der Waals surface area (Å²) in [4.78, 5) is 30.3. The first-order valence-electron chi connectivity index (χ1n) is 11.9. The van der Waals surface area contributed by atoms with Gasteiger partial charge in [-0.2, -0.15) is 13.2 Å². The maximum Gasteiger partial charge on any atom is 0.424 e. The molecule has 220 valence electrons. The number of carbonyl (C=O) groups is 2. The summed E-state index contributed by atoms with van der Waals surface area (Å²) in [6.07, 6.45) is -5.30. The van der Waals surface area contributed by atoms with Crippen molar-refractivity contribution in [1.29, 1.82) is 0 Å². The minimum Gasteiger partial charge on any atom is -0.493 e. The van der Waals surface area contributed by atoms with E-state index in [9.17, 15) is 32.3 Å². The molecule has 0 fully saturated rings. The third-order valence-corrected chi connectivity index (χ3v) is 6.59. The number of benzene rings is 2. The zero-order valence-corrected chi connectivity index (χ0v) is 22.9. The summed E-state index contributed by atoms with van der Waals surface area (Å²) < 4.78 is 67.2. The predicted octanol–water partition coefficient (Wildman–Crippen LogP) is 3.92. The van der Waals surface area contributed by atoms with E-state index in [1.807, 2.05) is 0 Å². The predicted molar refractivity (Wildman–Crippen MR) is 142 cm³/mol. The summed E-state index contributed by atoms with van der Waals surface area (Å²) in [5.74, 6) is -2.22.